The summed E-state index contributed by atoms with van der Waals surface area (Å²) in [7, 11) is -4.52. The number of H-pyrrole nitrogens is 1. The van der Waals surface area contributed by atoms with Crippen LogP contribution in [0.5, 0.6) is 0 Å². The second kappa shape index (κ2) is 5.15. The molecule has 0 saturated carbocycles. The van der Waals surface area contributed by atoms with Gasteiger partial charge in [0, 0.05) is 25.2 Å². The largest absolute Gasteiger partial charge is 0.480 e. The first-order chi connectivity index (χ1) is 10.7. The number of carboxylic acid groups (broad SMARTS) is 1. The van der Waals surface area contributed by atoms with E-state index in [1.165, 1.54) is 0 Å². The average molecular weight is 346 g/mol. The molecule has 3 rings (SSSR count). The van der Waals surface area contributed by atoms with Crippen molar-refractivity contribution in [3.05, 3.63) is 28.5 Å². The third-order valence-corrected chi connectivity index (χ3v) is 5.08. The normalized spacial score (nSPS) is 21.8. The molecule has 124 valence electrons. The van der Waals surface area contributed by atoms with Gasteiger partial charge in [0.2, 0.25) is 10.0 Å². The van der Waals surface area contributed by atoms with Gasteiger partial charge < -0.3 is 14.3 Å². The van der Waals surface area contributed by atoms with Crippen LogP contribution in [0.1, 0.15) is 6.42 Å². The van der Waals surface area contributed by atoms with Crippen LogP contribution in [0, 0.1) is 5.82 Å². The minimum absolute atomic E-state index is 0.0106. The second-order valence-electron chi connectivity index (χ2n) is 5.09. The van der Waals surface area contributed by atoms with E-state index in [0.29, 0.717) is 0 Å². The average Bonchev–Trinajstić information content (AvgIpc) is 3.03. The Labute approximate surface area is 128 Å². The van der Waals surface area contributed by atoms with Gasteiger partial charge in [-0.2, -0.15) is 4.72 Å². The number of carbonyl (C=O) groups is 1. The lowest BCUT2D eigenvalue weighted by Gasteiger charge is -2.23. The van der Waals surface area contributed by atoms with E-state index in [0.717, 1.165) is 12.1 Å². The van der Waals surface area contributed by atoms with Crippen molar-refractivity contribution in [3.63, 3.8) is 0 Å². The van der Waals surface area contributed by atoms with E-state index >= 15 is 0 Å². The third-order valence-electron chi connectivity index (χ3n) is 3.52. The Morgan fingerprint density at radius 3 is 2.78 bits per heavy atom. The molecule has 1 atom stereocenters. The summed E-state index contributed by atoms with van der Waals surface area (Å²) in [5, 5.41) is 9.25. The van der Waals surface area contributed by atoms with Gasteiger partial charge in [-0.25, -0.2) is 17.6 Å². The predicted molar refractivity (Wildman–Crippen MR) is 72.9 cm³/mol. The molecule has 1 aliphatic heterocycles. The SMILES string of the molecule is O=C(O)C1(NS(=O)(=O)c2cc3oc(=O)[nH]c3cc2F)CCOC1. The number of benzene rings is 1. The number of fused-ring (bicyclic) bond motifs is 1. The van der Waals surface area contributed by atoms with E-state index in [1.807, 2.05) is 4.72 Å². The molecule has 11 heteroatoms. The van der Waals surface area contributed by atoms with Crippen molar-refractivity contribution in [2.24, 2.45) is 0 Å². The van der Waals surface area contributed by atoms with Gasteiger partial charge in [0.15, 0.2) is 11.1 Å². The number of oxazole rings is 1. The molecule has 23 heavy (non-hydrogen) atoms. The van der Waals surface area contributed by atoms with Gasteiger partial charge in [-0.15, -0.1) is 0 Å². The number of sulfonamides is 1. The zero-order valence-electron chi connectivity index (χ0n) is 11.5. The van der Waals surface area contributed by atoms with Crippen molar-refractivity contribution in [1.29, 1.82) is 0 Å². The van der Waals surface area contributed by atoms with E-state index in [2.05, 4.69) is 4.98 Å². The molecule has 0 amide bonds. The second-order valence-corrected chi connectivity index (χ2v) is 6.74. The van der Waals surface area contributed by atoms with Crippen LogP contribution in [0.25, 0.3) is 11.1 Å². The molecular weight excluding hydrogens is 335 g/mol. The fourth-order valence-electron chi connectivity index (χ4n) is 2.33. The van der Waals surface area contributed by atoms with Gasteiger partial charge in [-0.1, -0.05) is 0 Å². The first kappa shape index (κ1) is 15.6. The molecule has 0 bridgehead atoms. The van der Waals surface area contributed by atoms with Crippen molar-refractivity contribution in [2.75, 3.05) is 13.2 Å². The minimum atomic E-state index is -4.52. The van der Waals surface area contributed by atoms with Crippen molar-refractivity contribution in [3.8, 4) is 0 Å². The molecule has 0 aliphatic carbocycles. The van der Waals surface area contributed by atoms with E-state index in [4.69, 9.17) is 9.15 Å². The van der Waals surface area contributed by atoms with Crippen LogP contribution in [-0.4, -0.2) is 43.2 Å². The number of aromatic nitrogens is 1. The Morgan fingerprint density at radius 1 is 1.43 bits per heavy atom. The highest BCUT2D eigenvalue weighted by Gasteiger charge is 2.46. The molecule has 0 radical (unpaired) electrons. The van der Waals surface area contributed by atoms with Gasteiger partial charge >= 0.3 is 11.7 Å². The Morgan fingerprint density at radius 2 is 2.17 bits per heavy atom. The van der Waals surface area contributed by atoms with Crippen molar-refractivity contribution >= 4 is 27.1 Å². The Bertz CT molecular complexity index is 940. The van der Waals surface area contributed by atoms with E-state index in [-0.39, 0.29) is 30.7 Å². The molecule has 1 aromatic carbocycles. The Hall–Kier alpha value is -2.24. The highest BCUT2D eigenvalue weighted by atomic mass is 32.2. The molecule has 1 aromatic heterocycles. The van der Waals surface area contributed by atoms with Gasteiger partial charge in [-0.05, 0) is 0 Å². The lowest BCUT2D eigenvalue weighted by Crippen LogP contribution is -2.55. The summed E-state index contributed by atoms with van der Waals surface area (Å²) in [5.74, 6) is -3.44. The van der Waals surface area contributed by atoms with Gasteiger partial charge in [-0.3, -0.25) is 9.78 Å². The van der Waals surface area contributed by atoms with Crippen LogP contribution in [0.15, 0.2) is 26.2 Å². The van der Waals surface area contributed by atoms with Crippen LogP contribution < -0.4 is 10.5 Å². The fourth-order valence-corrected chi connectivity index (χ4v) is 3.78. The summed E-state index contributed by atoms with van der Waals surface area (Å²) in [4.78, 5) is 23.8. The summed E-state index contributed by atoms with van der Waals surface area (Å²) in [6.45, 7) is -0.312. The summed E-state index contributed by atoms with van der Waals surface area (Å²) in [6.07, 6.45) is -0.0926. The van der Waals surface area contributed by atoms with Crippen LogP contribution in [0.2, 0.25) is 0 Å². The molecule has 1 saturated heterocycles. The summed E-state index contributed by atoms with van der Waals surface area (Å²) in [6, 6.07) is 1.60. The minimum Gasteiger partial charge on any atom is -0.480 e. The maximum absolute atomic E-state index is 14.1. The molecule has 3 N–H and O–H groups in total. The Balaban J connectivity index is 2.07. The van der Waals surface area contributed by atoms with E-state index in [1.54, 1.807) is 0 Å². The van der Waals surface area contributed by atoms with E-state index < -0.39 is 38.0 Å². The highest BCUT2D eigenvalue weighted by Crippen LogP contribution is 2.25. The number of carboxylic acids is 1. The lowest BCUT2D eigenvalue weighted by molar-refractivity contribution is -0.144. The van der Waals surface area contributed by atoms with Crippen LogP contribution >= 0.6 is 0 Å². The first-order valence-corrected chi connectivity index (χ1v) is 7.89. The van der Waals surface area contributed by atoms with E-state index in [9.17, 15) is 27.5 Å². The molecule has 2 aromatic rings. The van der Waals surface area contributed by atoms with Crippen molar-refractivity contribution in [2.45, 2.75) is 16.9 Å². The van der Waals surface area contributed by atoms with Crippen LogP contribution in [0.3, 0.4) is 0 Å². The van der Waals surface area contributed by atoms with Crippen molar-refractivity contribution < 1.29 is 31.9 Å². The summed E-state index contributed by atoms with van der Waals surface area (Å²) < 4.78 is 50.4. The fraction of sp³-hybridized carbons (Fsp3) is 0.333. The number of aliphatic carboxylic acids is 1. The molecule has 1 unspecified atom stereocenters. The maximum Gasteiger partial charge on any atom is 0.417 e. The molecule has 9 nitrogen and oxygen atoms in total. The number of rotatable bonds is 4. The molecular formula is C12H11FN2O7S. The summed E-state index contributed by atoms with van der Waals surface area (Å²) >= 11 is 0. The summed E-state index contributed by atoms with van der Waals surface area (Å²) in [5.41, 5.74) is -2.04. The molecule has 2 heterocycles. The molecule has 1 aliphatic rings. The smallest absolute Gasteiger partial charge is 0.417 e. The number of hydrogen-bond donors (Lipinski definition) is 3. The number of aromatic amines is 1. The number of halogens is 1. The third kappa shape index (κ3) is 2.62. The standard InChI is InChI=1S/C12H11FN2O7S/c13-6-3-7-8(22-11(18)14-7)4-9(6)23(19,20)15-12(10(16)17)1-2-21-5-12/h3-4,15H,1-2,5H2,(H,14,18)(H,16,17). The monoisotopic (exact) mass is 346 g/mol. The predicted octanol–water partition coefficient (Wildman–Crippen LogP) is -0.218. The Kier molecular flexibility index (Phi) is 3.50. The molecule has 1 fully saturated rings. The quantitative estimate of drug-likeness (QED) is 0.695. The zero-order chi connectivity index (χ0) is 16.8. The first-order valence-electron chi connectivity index (χ1n) is 6.41. The van der Waals surface area contributed by atoms with Gasteiger partial charge in [0.25, 0.3) is 0 Å². The zero-order valence-corrected chi connectivity index (χ0v) is 12.3. The highest BCUT2D eigenvalue weighted by molar-refractivity contribution is 7.89. The van der Waals surface area contributed by atoms with Crippen molar-refractivity contribution in [1.82, 2.24) is 9.71 Å². The van der Waals surface area contributed by atoms with Crippen LogP contribution in [0.4, 0.5) is 4.39 Å². The maximum atomic E-state index is 14.1. The number of ether oxygens (including phenoxy) is 1. The topological polar surface area (TPSA) is 139 Å². The van der Waals surface area contributed by atoms with Gasteiger partial charge in [0.05, 0.1) is 12.1 Å². The van der Waals surface area contributed by atoms with Crippen LogP contribution in [-0.2, 0) is 19.6 Å². The lowest BCUT2D eigenvalue weighted by atomic mass is 10.0. The number of hydrogen-bond acceptors (Lipinski definition) is 6. The van der Waals surface area contributed by atoms with Gasteiger partial charge in [0.1, 0.15) is 10.7 Å². The molecule has 0 spiro atoms. The number of nitrogens with one attached hydrogen (secondary N) is 2.